The molecule has 0 radical (unpaired) electrons. The summed E-state index contributed by atoms with van der Waals surface area (Å²) in [5.74, 6) is -1.38. The normalized spacial score (nSPS) is 24.6. The first-order valence-electron chi connectivity index (χ1n) is 10.4. The molecule has 4 rings (SSSR count). The van der Waals surface area contributed by atoms with Gasteiger partial charge in [0.2, 0.25) is 0 Å². The molecule has 32 heavy (non-hydrogen) atoms. The van der Waals surface area contributed by atoms with Gasteiger partial charge in [0.05, 0.1) is 7.11 Å². The lowest BCUT2D eigenvalue weighted by Crippen LogP contribution is -2.52. The largest absolute Gasteiger partial charge is 0.497 e. The van der Waals surface area contributed by atoms with Gasteiger partial charge in [-0.2, -0.15) is 5.01 Å². The Hall–Kier alpha value is -3.63. The topological polar surface area (TPSA) is 137 Å². The fourth-order valence-electron chi connectivity index (χ4n) is 4.48. The first-order chi connectivity index (χ1) is 15.2. The number of hydrogen-bond donors (Lipinski definition) is 3. The zero-order chi connectivity index (χ0) is 23.1. The molecule has 0 bridgehead atoms. The summed E-state index contributed by atoms with van der Waals surface area (Å²) in [6, 6.07) is 5.12. The number of hydrazine groups is 1. The van der Waals surface area contributed by atoms with Crippen molar-refractivity contribution in [3.05, 3.63) is 29.8 Å². The molecular weight excluding hydrogens is 418 g/mol. The minimum atomic E-state index is -1.40. The minimum Gasteiger partial charge on any atom is -0.497 e. The van der Waals surface area contributed by atoms with Gasteiger partial charge in [-0.25, -0.2) is 9.59 Å². The van der Waals surface area contributed by atoms with Crippen molar-refractivity contribution in [1.82, 2.24) is 26.0 Å². The number of ether oxygens (including phenoxy) is 1. The van der Waals surface area contributed by atoms with E-state index in [9.17, 15) is 24.0 Å². The summed E-state index contributed by atoms with van der Waals surface area (Å²) in [5.41, 5.74) is 0.367. The number of rotatable bonds is 5. The summed E-state index contributed by atoms with van der Waals surface area (Å²) in [6.07, 6.45) is 3.69. The minimum absolute atomic E-state index is 0.447. The first-order valence-corrected chi connectivity index (χ1v) is 10.4. The van der Waals surface area contributed by atoms with Crippen molar-refractivity contribution in [3.8, 4) is 5.75 Å². The molecule has 1 spiro atoms. The molecule has 11 nitrogen and oxygen atoms in total. The van der Waals surface area contributed by atoms with E-state index >= 15 is 0 Å². The Bertz CT molecular complexity index is 987. The standard InChI is InChI=1S/C21H25N5O6/c1-20(13-6-8-14(32-2)9-7-13)16(28)26(19(31)22-20)24-15(27)12-25-17(29)21(23-18(25)30)10-4-3-5-11-21/h6-9H,3-5,10-12H2,1-2H3,(H,22,31)(H,23,30)(H,24,27). The lowest BCUT2D eigenvalue weighted by Gasteiger charge is -2.30. The fraction of sp³-hybridized carbons (Fsp3) is 0.476. The first kappa shape index (κ1) is 21.6. The number of nitrogens with zero attached hydrogens (tertiary/aromatic N) is 2. The smallest absolute Gasteiger partial charge is 0.344 e. The number of amides is 7. The molecule has 3 fully saturated rings. The van der Waals surface area contributed by atoms with Gasteiger partial charge in [0, 0.05) is 0 Å². The number of carbonyl (C=O) groups is 5. The molecule has 1 aliphatic carbocycles. The number of imide groups is 2. The molecule has 170 valence electrons. The third-order valence-corrected chi connectivity index (χ3v) is 6.35. The Morgan fingerprint density at radius 3 is 2.28 bits per heavy atom. The molecule has 3 N–H and O–H groups in total. The van der Waals surface area contributed by atoms with E-state index in [2.05, 4.69) is 16.1 Å². The van der Waals surface area contributed by atoms with Crippen LogP contribution >= 0.6 is 0 Å². The van der Waals surface area contributed by atoms with Gasteiger partial charge in [0.1, 0.15) is 23.4 Å². The van der Waals surface area contributed by atoms with E-state index < -0.39 is 47.4 Å². The Morgan fingerprint density at radius 1 is 1.00 bits per heavy atom. The van der Waals surface area contributed by atoms with Gasteiger partial charge in [-0.05, 0) is 37.5 Å². The predicted molar refractivity (Wildman–Crippen MR) is 110 cm³/mol. The summed E-state index contributed by atoms with van der Waals surface area (Å²) in [6.45, 7) is 0.925. The molecule has 1 unspecified atom stereocenters. The van der Waals surface area contributed by atoms with Crippen molar-refractivity contribution in [2.75, 3.05) is 13.7 Å². The van der Waals surface area contributed by atoms with Crippen LogP contribution in [0.1, 0.15) is 44.6 Å². The predicted octanol–water partition coefficient (Wildman–Crippen LogP) is 0.748. The highest BCUT2D eigenvalue weighted by atomic mass is 16.5. The molecule has 1 atom stereocenters. The van der Waals surface area contributed by atoms with Crippen LogP contribution in [-0.4, -0.2) is 58.9 Å². The van der Waals surface area contributed by atoms with Crippen molar-refractivity contribution in [2.45, 2.75) is 50.1 Å². The van der Waals surface area contributed by atoms with Crippen LogP contribution in [0.3, 0.4) is 0 Å². The second-order valence-corrected chi connectivity index (χ2v) is 8.42. The third kappa shape index (κ3) is 3.43. The summed E-state index contributed by atoms with van der Waals surface area (Å²) in [7, 11) is 1.51. The van der Waals surface area contributed by atoms with Crippen LogP contribution in [-0.2, 0) is 19.9 Å². The molecule has 2 aliphatic heterocycles. The van der Waals surface area contributed by atoms with Crippen LogP contribution in [0.2, 0.25) is 0 Å². The summed E-state index contributed by atoms with van der Waals surface area (Å²) < 4.78 is 5.10. The number of urea groups is 2. The average molecular weight is 443 g/mol. The monoisotopic (exact) mass is 443 g/mol. The van der Waals surface area contributed by atoms with Crippen LogP contribution in [0.4, 0.5) is 9.59 Å². The van der Waals surface area contributed by atoms with Crippen LogP contribution in [0.15, 0.2) is 24.3 Å². The van der Waals surface area contributed by atoms with Gasteiger partial charge in [-0.1, -0.05) is 31.4 Å². The molecule has 1 aromatic carbocycles. The highest BCUT2D eigenvalue weighted by Crippen LogP contribution is 2.33. The molecule has 2 heterocycles. The van der Waals surface area contributed by atoms with Crippen molar-refractivity contribution >= 4 is 29.8 Å². The fourth-order valence-corrected chi connectivity index (χ4v) is 4.48. The van der Waals surface area contributed by atoms with Crippen molar-refractivity contribution < 1.29 is 28.7 Å². The Balaban J connectivity index is 1.44. The van der Waals surface area contributed by atoms with E-state index in [1.54, 1.807) is 24.3 Å². The molecule has 7 amide bonds. The Labute approximate surface area is 184 Å². The van der Waals surface area contributed by atoms with Gasteiger partial charge < -0.3 is 15.4 Å². The van der Waals surface area contributed by atoms with E-state index in [0.717, 1.165) is 24.2 Å². The summed E-state index contributed by atoms with van der Waals surface area (Å²) >= 11 is 0. The third-order valence-electron chi connectivity index (χ3n) is 6.35. The molecule has 1 aromatic rings. The van der Waals surface area contributed by atoms with Gasteiger partial charge >= 0.3 is 12.1 Å². The molecule has 2 saturated heterocycles. The van der Waals surface area contributed by atoms with Crippen molar-refractivity contribution in [2.24, 2.45) is 0 Å². The quantitative estimate of drug-likeness (QED) is 0.575. The molecule has 0 aromatic heterocycles. The van der Waals surface area contributed by atoms with Gasteiger partial charge in [0.15, 0.2) is 0 Å². The van der Waals surface area contributed by atoms with Gasteiger partial charge in [-0.3, -0.25) is 24.7 Å². The van der Waals surface area contributed by atoms with E-state index in [0.29, 0.717) is 29.2 Å². The lowest BCUT2D eigenvalue weighted by molar-refractivity contribution is -0.141. The Morgan fingerprint density at radius 2 is 1.66 bits per heavy atom. The Kier molecular flexibility index (Phi) is 5.27. The van der Waals surface area contributed by atoms with E-state index in [1.165, 1.54) is 14.0 Å². The highest BCUT2D eigenvalue weighted by molar-refractivity contribution is 6.10. The maximum Gasteiger partial charge on any atom is 0.344 e. The molecule has 1 saturated carbocycles. The maximum atomic E-state index is 13.0. The maximum absolute atomic E-state index is 13.0. The molecule has 11 heteroatoms. The van der Waals surface area contributed by atoms with Crippen LogP contribution in [0, 0.1) is 0 Å². The number of nitrogens with one attached hydrogen (secondary N) is 3. The SMILES string of the molecule is COc1ccc(C2(C)NC(=O)N(NC(=O)CN3C(=O)NC4(CCCCC4)C3=O)C2=O)cc1. The number of carbonyl (C=O) groups excluding carboxylic acids is 5. The number of methoxy groups -OCH3 is 1. The van der Waals surface area contributed by atoms with Crippen LogP contribution in [0.25, 0.3) is 0 Å². The van der Waals surface area contributed by atoms with Crippen molar-refractivity contribution in [3.63, 3.8) is 0 Å². The van der Waals surface area contributed by atoms with E-state index in [1.807, 2.05) is 0 Å². The zero-order valence-electron chi connectivity index (χ0n) is 17.9. The second kappa shape index (κ2) is 7.81. The lowest BCUT2D eigenvalue weighted by atomic mass is 9.82. The number of hydrogen-bond acceptors (Lipinski definition) is 6. The molecular formula is C21H25N5O6. The summed E-state index contributed by atoms with van der Waals surface area (Å²) in [4.78, 5) is 64.0. The summed E-state index contributed by atoms with van der Waals surface area (Å²) in [5, 5.41) is 5.86. The van der Waals surface area contributed by atoms with Gasteiger partial charge in [0.25, 0.3) is 17.7 Å². The van der Waals surface area contributed by atoms with E-state index in [-0.39, 0.29) is 0 Å². The van der Waals surface area contributed by atoms with Crippen molar-refractivity contribution in [1.29, 1.82) is 0 Å². The molecule has 3 aliphatic rings. The van der Waals surface area contributed by atoms with E-state index in [4.69, 9.17) is 4.74 Å². The van der Waals surface area contributed by atoms with Crippen LogP contribution in [0.5, 0.6) is 5.75 Å². The highest BCUT2D eigenvalue weighted by Gasteiger charge is 2.53. The average Bonchev–Trinajstić information content (AvgIpc) is 3.14. The van der Waals surface area contributed by atoms with Crippen LogP contribution < -0.4 is 20.8 Å². The zero-order valence-corrected chi connectivity index (χ0v) is 17.9. The van der Waals surface area contributed by atoms with Gasteiger partial charge in [-0.15, -0.1) is 0 Å². The number of benzene rings is 1. The second-order valence-electron chi connectivity index (χ2n) is 8.42.